The highest BCUT2D eigenvalue weighted by Crippen LogP contribution is 2.10. The van der Waals surface area contributed by atoms with Crippen LogP contribution in [0.4, 0.5) is 5.95 Å². The average Bonchev–Trinajstić information content (AvgIpc) is 2.68. The lowest BCUT2D eigenvalue weighted by Gasteiger charge is -2.30. The molecule has 5 nitrogen and oxygen atoms in total. The van der Waals surface area contributed by atoms with E-state index in [2.05, 4.69) is 33.4 Å². The summed E-state index contributed by atoms with van der Waals surface area (Å²) < 4.78 is 7.78. The van der Waals surface area contributed by atoms with Crippen molar-refractivity contribution in [1.82, 2.24) is 14.5 Å². The number of nitrogens with zero attached hydrogens (tertiary/aromatic N) is 3. The lowest BCUT2D eigenvalue weighted by Crippen LogP contribution is -2.43. The maximum Gasteiger partial charge on any atom is 0.203 e. The lowest BCUT2D eigenvalue weighted by atomic mass is 10.3. The number of hydrogen-bond acceptors (Lipinski definition) is 4. The van der Waals surface area contributed by atoms with E-state index in [0.717, 1.165) is 44.4 Å². The molecule has 1 atom stereocenters. The molecule has 0 aliphatic carbocycles. The van der Waals surface area contributed by atoms with Crippen LogP contribution in [-0.2, 0) is 11.3 Å². The van der Waals surface area contributed by atoms with Crippen LogP contribution >= 0.6 is 0 Å². The summed E-state index contributed by atoms with van der Waals surface area (Å²) in [5, 5.41) is 3.36. The summed E-state index contributed by atoms with van der Waals surface area (Å²) in [6, 6.07) is 0. The fraction of sp³-hybridized carbons (Fsp3) is 0.615. The normalized spacial score (nSPS) is 20.9. The fourth-order valence-electron chi connectivity index (χ4n) is 2.16. The van der Waals surface area contributed by atoms with E-state index in [1.165, 1.54) is 0 Å². The number of ether oxygens (including phenoxy) is 1. The summed E-state index contributed by atoms with van der Waals surface area (Å²) in [4.78, 5) is 6.76. The quantitative estimate of drug-likeness (QED) is 0.795. The Bertz CT molecular complexity index is 402. The Morgan fingerprint density at radius 3 is 3.22 bits per heavy atom. The standard InChI is InChI=1S/C13H22N4O/c1-4-5-17-9-11(2)15-13(17)14-8-12-10-16(3)6-7-18-12/h4,9,12H,1,5-8,10H2,2-3H3,(H,14,15). The molecule has 2 heterocycles. The van der Waals surface area contributed by atoms with Gasteiger partial charge in [-0.1, -0.05) is 6.08 Å². The second-order valence-electron chi connectivity index (χ2n) is 4.78. The first-order valence-electron chi connectivity index (χ1n) is 6.37. The molecule has 1 aromatic heterocycles. The number of imidazole rings is 1. The molecule has 1 saturated heterocycles. The van der Waals surface area contributed by atoms with Crippen LogP contribution in [0, 0.1) is 6.92 Å². The van der Waals surface area contributed by atoms with E-state index in [1.807, 2.05) is 19.2 Å². The number of aryl methyl sites for hydroxylation is 1. The van der Waals surface area contributed by atoms with Gasteiger partial charge < -0.3 is 19.5 Å². The van der Waals surface area contributed by atoms with Crippen LogP contribution < -0.4 is 5.32 Å². The third-order valence-electron chi connectivity index (χ3n) is 3.05. The van der Waals surface area contributed by atoms with Crippen LogP contribution in [0.15, 0.2) is 18.9 Å². The van der Waals surface area contributed by atoms with Crippen molar-refractivity contribution in [2.45, 2.75) is 19.6 Å². The van der Waals surface area contributed by atoms with Gasteiger partial charge in [0.2, 0.25) is 5.95 Å². The van der Waals surface area contributed by atoms with E-state index >= 15 is 0 Å². The van der Waals surface area contributed by atoms with Gasteiger partial charge in [-0.15, -0.1) is 6.58 Å². The summed E-state index contributed by atoms with van der Waals surface area (Å²) in [7, 11) is 2.12. The number of nitrogens with one attached hydrogen (secondary N) is 1. The predicted molar refractivity (Wildman–Crippen MR) is 72.9 cm³/mol. The summed E-state index contributed by atoms with van der Waals surface area (Å²) in [6.07, 6.45) is 4.13. The van der Waals surface area contributed by atoms with E-state index in [-0.39, 0.29) is 6.10 Å². The van der Waals surface area contributed by atoms with Gasteiger partial charge in [0.15, 0.2) is 0 Å². The van der Waals surface area contributed by atoms with Gasteiger partial charge in [0.1, 0.15) is 0 Å². The minimum atomic E-state index is 0.234. The van der Waals surface area contributed by atoms with Crippen LogP contribution in [0.2, 0.25) is 0 Å². The molecule has 2 rings (SSSR count). The van der Waals surface area contributed by atoms with Gasteiger partial charge in [-0.2, -0.15) is 0 Å². The van der Waals surface area contributed by atoms with Gasteiger partial charge in [0.25, 0.3) is 0 Å². The van der Waals surface area contributed by atoms with Gasteiger partial charge in [0, 0.05) is 32.4 Å². The van der Waals surface area contributed by atoms with Gasteiger partial charge >= 0.3 is 0 Å². The van der Waals surface area contributed by atoms with E-state index in [9.17, 15) is 0 Å². The molecule has 100 valence electrons. The molecule has 0 amide bonds. The van der Waals surface area contributed by atoms with Crippen molar-refractivity contribution in [1.29, 1.82) is 0 Å². The van der Waals surface area contributed by atoms with Crippen LogP contribution in [0.5, 0.6) is 0 Å². The highest BCUT2D eigenvalue weighted by molar-refractivity contribution is 5.29. The molecule has 1 N–H and O–H groups in total. The van der Waals surface area contributed by atoms with Gasteiger partial charge in [-0.05, 0) is 14.0 Å². The van der Waals surface area contributed by atoms with Crippen LogP contribution in [0.1, 0.15) is 5.69 Å². The van der Waals surface area contributed by atoms with Crippen LogP contribution in [-0.4, -0.2) is 53.8 Å². The van der Waals surface area contributed by atoms with Crippen molar-refractivity contribution < 1.29 is 4.74 Å². The van der Waals surface area contributed by atoms with Gasteiger partial charge in [-0.25, -0.2) is 4.98 Å². The van der Waals surface area contributed by atoms with Crippen LogP contribution in [0.25, 0.3) is 0 Å². The Kier molecular flexibility index (Phi) is 4.38. The molecule has 1 aliphatic heterocycles. The van der Waals surface area contributed by atoms with Crippen molar-refractivity contribution in [3.05, 3.63) is 24.5 Å². The second-order valence-corrected chi connectivity index (χ2v) is 4.78. The Morgan fingerprint density at radius 2 is 2.50 bits per heavy atom. The summed E-state index contributed by atoms with van der Waals surface area (Å²) in [5.41, 5.74) is 1.01. The number of hydrogen-bond donors (Lipinski definition) is 1. The summed E-state index contributed by atoms with van der Waals surface area (Å²) in [6.45, 7) is 10.1. The van der Waals surface area contributed by atoms with Gasteiger partial charge in [-0.3, -0.25) is 0 Å². The zero-order chi connectivity index (χ0) is 13.0. The highest BCUT2D eigenvalue weighted by atomic mass is 16.5. The largest absolute Gasteiger partial charge is 0.374 e. The minimum Gasteiger partial charge on any atom is -0.374 e. The molecule has 1 aliphatic rings. The molecule has 1 aromatic rings. The fourth-order valence-corrected chi connectivity index (χ4v) is 2.16. The maximum absolute atomic E-state index is 5.72. The van der Waals surface area contributed by atoms with Crippen molar-refractivity contribution in [2.24, 2.45) is 0 Å². The Balaban J connectivity index is 1.90. The van der Waals surface area contributed by atoms with E-state index in [0.29, 0.717) is 0 Å². The van der Waals surface area contributed by atoms with E-state index in [1.54, 1.807) is 0 Å². The topological polar surface area (TPSA) is 42.3 Å². The molecule has 0 saturated carbocycles. The zero-order valence-electron chi connectivity index (χ0n) is 11.2. The Hall–Kier alpha value is -1.33. The Morgan fingerprint density at radius 1 is 1.67 bits per heavy atom. The number of morpholine rings is 1. The molecule has 0 spiro atoms. The summed E-state index contributed by atoms with van der Waals surface area (Å²) >= 11 is 0. The second kappa shape index (κ2) is 6.02. The monoisotopic (exact) mass is 250 g/mol. The molecule has 1 fully saturated rings. The van der Waals surface area contributed by atoms with Crippen LogP contribution in [0.3, 0.4) is 0 Å². The number of anilines is 1. The van der Waals surface area contributed by atoms with Crippen molar-refractivity contribution in [2.75, 3.05) is 38.6 Å². The first-order valence-corrected chi connectivity index (χ1v) is 6.37. The zero-order valence-corrected chi connectivity index (χ0v) is 11.2. The van der Waals surface area contributed by atoms with Crippen molar-refractivity contribution >= 4 is 5.95 Å². The number of allylic oxidation sites excluding steroid dienone is 1. The Labute approximate surface area is 108 Å². The number of rotatable bonds is 5. The molecule has 0 aromatic carbocycles. The molecule has 0 bridgehead atoms. The SMILES string of the molecule is C=CCn1cc(C)nc1NCC1CN(C)CCO1. The molecule has 5 heteroatoms. The smallest absolute Gasteiger partial charge is 0.203 e. The predicted octanol–water partition coefficient (Wildman–Crippen LogP) is 1.12. The van der Waals surface area contributed by atoms with Crippen molar-refractivity contribution in [3.63, 3.8) is 0 Å². The maximum atomic E-state index is 5.72. The highest BCUT2D eigenvalue weighted by Gasteiger charge is 2.18. The number of aromatic nitrogens is 2. The third kappa shape index (κ3) is 3.34. The lowest BCUT2D eigenvalue weighted by molar-refractivity contribution is -0.0118. The molecule has 18 heavy (non-hydrogen) atoms. The van der Waals surface area contributed by atoms with E-state index < -0.39 is 0 Å². The van der Waals surface area contributed by atoms with Gasteiger partial charge in [0.05, 0.1) is 18.4 Å². The molecular formula is C13H22N4O. The average molecular weight is 250 g/mol. The third-order valence-corrected chi connectivity index (χ3v) is 3.05. The number of likely N-dealkylation sites (N-methyl/N-ethyl adjacent to an activating group) is 1. The first kappa shape index (κ1) is 13.1. The molecule has 0 radical (unpaired) electrons. The molecular weight excluding hydrogens is 228 g/mol. The summed E-state index contributed by atoms with van der Waals surface area (Å²) in [5.74, 6) is 0.893. The first-order chi connectivity index (χ1) is 8.69. The molecule has 1 unspecified atom stereocenters. The van der Waals surface area contributed by atoms with Crippen molar-refractivity contribution in [3.8, 4) is 0 Å². The van der Waals surface area contributed by atoms with E-state index in [4.69, 9.17) is 4.74 Å². The minimum absolute atomic E-state index is 0.234.